The predicted octanol–water partition coefficient (Wildman–Crippen LogP) is 0.549. The number of aliphatic hydroxyl groups is 6. The van der Waals surface area contributed by atoms with E-state index in [2.05, 4.69) is 20.8 Å². The molecule has 0 bridgehead atoms. The number of ether oxygens (including phenoxy) is 3. The molecule has 2 aliphatic heterocycles. The topological polar surface area (TPSA) is 166 Å². The van der Waals surface area contributed by atoms with Gasteiger partial charge >= 0.3 is 5.97 Å². The summed E-state index contributed by atoms with van der Waals surface area (Å²) in [5, 5.41) is 61.8. The van der Waals surface area contributed by atoms with Crippen LogP contribution in [0.3, 0.4) is 0 Å². The van der Waals surface area contributed by atoms with Gasteiger partial charge in [-0.15, -0.1) is 0 Å². The third-order valence-corrected chi connectivity index (χ3v) is 9.08. The molecule has 1 saturated heterocycles. The lowest BCUT2D eigenvalue weighted by atomic mass is 9.49. The minimum Gasteiger partial charge on any atom is -0.461 e. The van der Waals surface area contributed by atoms with Crippen molar-refractivity contribution in [2.45, 2.75) is 102 Å². The maximum Gasteiger partial charge on any atom is 0.341 e. The summed E-state index contributed by atoms with van der Waals surface area (Å²) >= 11 is 0. The van der Waals surface area contributed by atoms with Crippen molar-refractivity contribution < 1.29 is 49.6 Å². The van der Waals surface area contributed by atoms with Crippen molar-refractivity contribution in [3.63, 3.8) is 0 Å². The number of carbonyl (C=O) groups excluding carboxylic acids is 1. The van der Waals surface area contributed by atoms with E-state index in [9.17, 15) is 35.4 Å². The molecular weight excluding hydrogens is 472 g/mol. The van der Waals surface area contributed by atoms with Crippen LogP contribution in [0.5, 0.6) is 5.75 Å². The highest BCUT2D eigenvalue weighted by molar-refractivity contribution is 5.97. The van der Waals surface area contributed by atoms with Crippen LogP contribution in [0.4, 0.5) is 0 Å². The van der Waals surface area contributed by atoms with E-state index in [-0.39, 0.29) is 28.2 Å². The lowest BCUT2D eigenvalue weighted by Gasteiger charge is -2.55. The first-order valence-corrected chi connectivity index (χ1v) is 12.7. The second-order valence-electron chi connectivity index (χ2n) is 11.5. The zero-order chi connectivity index (χ0) is 26.2. The summed E-state index contributed by atoms with van der Waals surface area (Å²) in [6.07, 6.45) is -4.77. The van der Waals surface area contributed by atoms with E-state index in [4.69, 9.17) is 14.2 Å². The Morgan fingerprint density at radius 1 is 1.03 bits per heavy atom. The molecule has 5 rings (SSSR count). The molecule has 0 radical (unpaired) electrons. The highest BCUT2D eigenvalue weighted by atomic mass is 16.7. The molecule has 0 unspecified atom stereocenters. The van der Waals surface area contributed by atoms with Gasteiger partial charge in [0.1, 0.15) is 30.2 Å². The summed E-state index contributed by atoms with van der Waals surface area (Å²) in [5.74, 6) is -0.369. The standard InChI is InChI=1S/C26H36O10/c1-25(2)7-4-8-26(3)14(25)6-5-11-17(26)16-15(22(32)36-23(16)33)12(9-27)21(11)35-24-20(31)19(30)18(29)13(10-28)34-24/h13-14,18-20,23-24,27-31,33H,4-10H2,1-3H3/t13-,14+,18-,19+,20-,23+,24+,26+/m1/s1. The Balaban J connectivity index is 1.70. The number of rotatable bonds is 4. The number of cyclic esters (lactones) is 1. The highest BCUT2D eigenvalue weighted by Crippen LogP contribution is 2.61. The SMILES string of the molecule is CC1(C)CCC[C@]2(C)c3c(c(O[C@@H]4O[C@H](CO)[C@@H](O)[C@H](O)[C@H]4O)c(CO)c4c3[C@@H](O)OC4=O)CC[C@@H]12. The number of fused-ring (bicyclic) bond motifs is 5. The number of aliphatic hydroxyl groups excluding tert-OH is 6. The van der Waals surface area contributed by atoms with Gasteiger partial charge in [-0.05, 0) is 53.6 Å². The number of hydrogen-bond donors (Lipinski definition) is 6. The van der Waals surface area contributed by atoms with Gasteiger partial charge in [0.15, 0.2) is 0 Å². The Labute approximate surface area is 209 Å². The zero-order valence-electron chi connectivity index (χ0n) is 20.8. The molecule has 1 aromatic carbocycles. The number of esters is 1. The maximum atomic E-state index is 12.9. The van der Waals surface area contributed by atoms with Crippen LogP contribution in [0, 0.1) is 11.3 Å². The molecule has 4 aliphatic rings. The Morgan fingerprint density at radius 3 is 2.42 bits per heavy atom. The molecule has 10 heteroatoms. The average molecular weight is 509 g/mol. The summed E-state index contributed by atoms with van der Waals surface area (Å²) in [4.78, 5) is 12.9. The number of carbonyl (C=O) groups is 1. The van der Waals surface area contributed by atoms with Crippen LogP contribution in [-0.2, 0) is 27.9 Å². The Bertz CT molecular complexity index is 1050. The second kappa shape index (κ2) is 8.90. The molecule has 6 N–H and O–H groups in total. The van der Waals surface area contributed by atoms with E-state index in [0.717, 1.165) is 31.2 Å². The van der Waals surface area contributed by atoms with Crippen LogP contribution < -0.4 is 4.74 Å². The third kappa shape index (κ3) is 3.61. The van der Waals surface area contributed by atoms with Crippen molar-refractivity contribution in [2.75, 3.05) is 6.61 Å². The minimum atomic E-state index is -1.66. The van der Waals surface area contributed by atoms with Crippen LogP contribution >= 0.6 is 0 Å². The van der Waals surface area contributed by atoms with Crippen LogP contribution in [-0.4, -0.2) is 73.9 Å². The zero-order valence-corrected chi connectivity index (χ0v) is 20.8. The lowest BCUT2D eigenvalue weighted by Crippen LogP contribution is -2.60. The Morgan fingerprint density at radius 2 is 1.75 bits per heavy atom. The van der Waals surface area contributed by atoms with Gasteiger partial charge in [0.05, 0.1) is 18.8 Å². The molecule has 36 heavy (non-hydrogen) atoms. The fourth-order valence-corrected chi connectivity index (χ4v) is 7.44. The highest BCUT2D eigenvalue weighted by Gasteiger charge is 2.55. The largest absolute Gasteiger partial charge is 0.461 e. The van der Waals surface area contributed by atoms with E-state index in [1.54, 1.807) is 0 Å². The first-order valence-electron chi connectivity index (χ1n) is 12.7. The Hall–Kier alpha value is -1.79. The summed E-state index contributed by atoms with van der Waals surface area (Å²) in [6.45, 7) is 5.41. The van der Waals surface area contributed by atoms with Gasteiger partial charge in [-0.2, -0.15) is 0 Å². The Kier molecular flexibility index (Phi) is 6.39. The normalized spacial score (nSPS) is 39.1. The molecule has 200 valence electrons. The fraction of sp³-hybridized carbons (Fsp3) is 0.731. The van der Waals surface area contributed by atoms with E-state index >= 15 is 0 Å². The van der Waals surface area contributed by atoms with Crippen molar-refractivity contribution in [1.82, 2.24) is 0 Å². The molecule has 10 nitrogen and oxygen atoms in total. The van der Waals surface area contributed by atoms with Gasteiger partial charge in [0, 0.05) is 11.1 Å². The molecule has 0 amide bonds. The molecule has 2 fully saturated rings. The fourth-order valence-electron chi connectivity index (χ4n) is 7.44. The molecule has 0 spiro atoms. The van der Waals surface area contributed by atoms with Crippen molar-refractivity contribution in [1.29, 1.82) is 0 Å². The number of benzene rings is 1. The van der Waals surface area contributed by atoms with Crippen molar-refractivity contribution in [3.05, 3.63) is 27.8 Å². The van der Waals surface area contributed by atoms with E-state index in [1.165, 1.54) is 0 Å². The lowest BCUT2D eigenvalue weighted by molar-refractivity contribution is -0.277. The van der Waals surface area contributed by atoms with Gasteiger partial charge in [-0.1, -0.05) is 27.2 Å². The van der Waals surface area contributed by atoms with Crippen molar-refractivity contribution in [3.8, 4) is 5.75 Å². The van der Waals surface area contributed by atoms with Gasteiger partial charge in [0.25, 0.3) is 0 Å². The van der Waals surface area contributed by atoms with Crippen LogP contribution in [0.2, 0.25) is 0 Å². The van der Waals surface area contributed by atoms with Crippen molar-refractivity contribution >= 4 is 5.97 Å². The van der Waals surface area contributed by atoms with Crippen LogP contribution in [0.25, 0.3) is 0 Å². The molecular formula is C26H36O10. The van der Waals surface area contributed by atoms with Gasteiger partial charge in [-0.25, -0.2) is 4.79 Å². The summed E-state index contributed by atoms with van der Waals surface area (Å²) in [6, 6.07) is 0. The first kappa shape index (κ1) is 25.8. The van der Waals surface area contributed by atoms with E-state index in [1.807, 2.05) is 0 Å². The maximum absolute atomic E-state index is 12.9. The molecule has 1 saturated carbocycles. The molecule has 2 heterocycles. The van der Waals surface area contributed by atoms with E-state index in [0.29, 0.717) is 17.5 Å². The quantitative estimate of drug-likeness (QED) is 0.316. The molecule has 2 aliphatic carbocycles. The van der Waals surface area contributed by atoms with Crippen LogP contribution in [0.15, 0.2) is 0 Å². The smallest absolute Gasteiger partial charge is 0.341 e. The van der Waals surface area contributed by atoms with Gasteiger partial charge in [-0.3, -0.25) is 0 Å². The third-order valence-electron chi connectivity index (χ3n) is 9.08. The predicted molar refractivity (Wildman–Crippen MR) is 124 cm³/mol. The number of hydrogen-bond acceptors (Lipinski definition) is 10. The molecule has 1 aromatic rings. The molecule has 8 atom stereocenters. The summed E-state index contributed by atoms with van der Waals surface area (Å²) < 4.78 is 16.9. The second-order valence-corrected chi connectivity index (χ2v) is 11.5. The minimum absolute atomic E-state index is 0.0277. The summed E-state index contributed by atoms with van der Waals surface area (Å²) in [5.41, 5.74) is 1.62. The monoisotopic (exact) mass is 508 g/mol. The summed E-state index contributed by atoms with van der Waals surface area (Å²) in [7, 11) is 0. The average Bonchev–Trinajstić information content (AvgIpc) is 3.11. The van der Waals surface area contributed by atoms with Gasteiger partial charge in [0.2, 0.25) is 12.6 Å². The molecule has 0 aromatic heterocycles. The van der Waals surface area contributed by atoms with Crippen molar-refractivity contribution in [2.24, 2.45) is 11.3 Å². The van der Waals surface area contributed by atoms with E-state index < -0.39 is 61.6 Å². The van der Waals surface area contributed by atoms with Crippen LogP contribution in [0.1, 0.15) is 85.4 Å². The van der Waals surface area contributed by atoms with Gasteiger partial charge < -0.3 is 44.8 Å². The first-order chi connectivity index (χ1) is 17.0.